The summed E-state index contributed by atoms with van der Waals surface area (Å²) in [4.78, 5) is 30.5. The van der Waals surface area contributed by atoms with E-state index in [1.54, 1.807) is 24.1 Å². The van der Waals surface area contributed by atoms with Crippen molar-refractivity contribution in [3.8, 4) is 0 Å². The molecule has 2 aromatic heterocycles. The molecule has 2 rings (SSSR count). The summed E-state index contributed by atoms with van der Waals surface area (Å²) in [5.74, 6) is -1.35. The number of carboxylic acid groups (broad SMARTS) is 1. The van der Waals surface area contributed by atoms with E-state index in [1.807, 2.05) is 0 Å². The Labute approximate surface area is 133 Å². The molecule has 22 heavy (non-hydrogen) atoms. The van der Waals surface area contributed by atoms with Crippen molar-refractivity contribution in [1.82, 2.24) is 14.8 Å². The standard InChI is InChI=1S/C11H10ClN5O4S/c1-17-3-6(2-14-17)4-21-16-8(10(19)20)7-9(12)22-11(15-7)13-5-18/h2-3,5H,4H2,1H3,(H,19,20)(H,13,15,18)/b16-8-. The largest absolute Gasteiger partial charge is 0.476 e. The van der Waals surface area contributed by atoms with Crippen LogP contribution >= 0.6 is 22.9 Å². The van der Waals surface area contributed by atoms with Gasteiger partial charge < -0.3 is 15.3 Å². The average molecular weight is 344 g/mol. The highest BCUT2D eigenvalue weighted by Crippen LogP contribution is 2.28. The lowest BCUT2D eigenvalue weighted by Gasteiger charge is -2.00. The smallest absolute Gasteiger partial charge is 0.360 e. The molecule has 2 aromatic rings. The topological polar surface area (TPSA) is 119 Å². The summed E-state index contributed by atoms with van der Waals surface area (Å²) in [6.45, 7) is 0.0474. The lowest BCUT2D eigenvalue weighted by molar-refractivity contribution is -0.129. The van der Waals surface area contributed by atoms with Crippen molar-refractivity contribution in [3.63, 3.8) is 0 Å². The third-order valence-electron chi connectivity index (χ3n) is 2.34. The van der Waals surface area contributed by atoms with Gasteiger partial charge in [-0.2, -0.15) is 5.10 Å². The minimum atomic E-state index is -1.35. The van der Waals surface area contributed by atoms with Gasteiger partial charge >= 0.3 is 5.97 Å². The molecule has 9 nitrogen and oxygen atoms in total. The maximum Gasteiger partial charge on any atom is 0.360 e. The van der Waals surface area contributed by atoms with Gasteiger partial charge in [-0.25, -0.2) is 9.78 Å². The Morgan fingerprint density at radius 2 is 2.45 bits per heavy atom. The minimum absolute atomic E-state index is 0.0474. The zero-order valence-corrected chi connectivity index (χ0v) is 12.8. The second kappa shape index (κ2) is 7.00. The van der Waals surface area contributed by atoms with Crippen molar-refractivity contribution < 1.29 is 19.5 Å². The number of aryl methyl sites for hydroxylation is 1. The average Bonchev–Trinajstić information content (AvgIpc) is 3.01. The lowest BCUT2D eigenvalue weighted by atomic mass is 10.3. The molecule has 0 atom stereocenters. The number of amides is 1. The first-order valence-corrected chi connectivity index (χ1v) is 6.98. The Balaban J connectivity index is 2.16. The number of aliphatic carboxylic acids is 1. The number of thiazole rings is 1. The van der Waals surface area contributed by atoms with Crippen molar-refractivity contribution in [3.05, 3.63) is 28.0 Å². The van der Waals surface area contributed by atoms with Crippen LogP contribution in [0.2, 0.25) is 4.34 Å². The van der Waals surface area contributed by atoms with Crippen LogP contribution in [0.25, 0.3) is 0 Å². The molecule has 0 radical (unpaired) electrons. The predicted molar refractivity (Wildman–Crippen MR) is 79.0 cm³/mol. The van der Waals surface area contributed by atoms with Gasteiger partial charge in [-0.3, -0.25) is 9.48 Å². The molecule has 2 N–H and O–H groups in total. The highest BCUT2D eigenvalue weighted by molar-refractivity contribution is 7.20. The van der Waals surface area contributed by atoms with Crippen molar-refractivity contribution in [2.45, 2.75) is 6.61 Å². The number of carbonyl (C=O) groups is 2. The number of carbonyl (C=O) groups excluding carboxylic acids is 1. The molecule has 0 aliphatic heterocycles. The van der Waals surface area contributed by atoms with Crippen LogP contribution in [0.5, 0.6) is 0 Å². The molecule has 11 heteroatoms. The van der Waals surface area contributed by atoms with Gasteiger partial charge in [0.25, 0.3) is 0 Å². The Kier molecular flexibility index (Phi) is 5.07. The first-order chi connectivity index (χ1) is 10.5. The van der Waals surface area contributed by atoms with Crippen LogP contribution in [0.4, 0.5) is 5.13 Å². The van der Waals surface area contributed by atoms with E-state index >= 15 is 0 Å². The number of anilines is 1. The Morgan fingerprint density at radius 3 is 3.05 bits per heavy atom. The normalized spacial score (nSPS) is 11.3. The predicted octanol–water partition coefficient (Wildman–Crippen LogP) is 1.10. The first kappa shape index (κ1) is 15.9. The molecule has 116 valence electrons. The molecule has 0 fully saturated rings. The molecule has 0 saturated heterocycles. The highest BCUT2D eigenvalue weighted by atomic mass is 35.5. The van der Waals surface area contributed by atoms with E-state index in [2.05, 4.69) is 20.6 Å². The summed E-state index contributed by atoms with van der Waals surface area (Å²) >= 11 is 6.82. The maximum absolute atomic E-state index is 11.3. The molecule has 1 amide bonds. The molecule has 0 aliphatic carbocycles. The van der Waals surface area contributed by atoms with Gasteiger partial charge in [0.05, 0.1) is 6.20 Å². The minimum Gasteiger partial charge on any atom is -0.476 e. The van der Waals surface area contributed by atoms with Crippen LogP contribution < -0.4 is 5.32 Å². The summed E-state index contributed by atoms with van der Waals surface area (Å²) in [5, 5.41) is 19.1. The summed E-state index contributed by atoms with van der Waals surface area (Å²) in [6, 6.07) is 0. The molecular weight excluding hydrogens is 334 g/mol. The van der Waals surface area contributed by atoms with Gasteiger partial charge in [0.2, 0.25) is 12.1 Å². The number of hydrogen-bond acceptors (Lipinski definition) is 7. The van der Waals surface area contributed by atoms with Crippen molar-refractivity contribution in [2.75, 3.05) is 5.32 Å². The third-order valence-corrected chi connectivity index (χ3v) is 3.53. The molecule has 0 aromatic carbocycles. The van der Waals surface area contributed by atoms with Gasteiger partial charge in [-0.1, -0.05) is 28.1 Å². The van der Waals surface area contributed by atoms with Gasteiger partial charge in [0.15, 0.2) is 5.13 Å². The van der Waals surface area contributed by atoms with Crippen LogP contribution in [-0.2, 0) is 28.1 Å². The molecule has 2 heterocycles. The van der Waals surface area contributed by atoms with Gasteiger partial charge in [-0.05, 0) is 0 Å². The van der Waals surface area contributed by atoms with E-state index in [0.29, 0.717) is 6.41 Å². The fraction of sp³-hybridized carbons (Fsp3) is 0.182. The monoisotopic (exact) mass is 343 g/mol. The molecular formula is C11H10ClN5O4S. The highest BCUT2D eigenvalue weighted by Gasteiger charge is 2.22. The second-order valence-electron chi connectivity index (χ2n) is 3.94. The number of aromatic nitrogens is 3. The number of nitrogens with one attached hydrogen (secondary N) is 1. The van der Waals surface area contributed by atoms with E-state index in [0.717, 1.165) is 16.9 Å². The second-order valence-corrected chi connectivity index (χ2v) is 5.55. The summed E-state index contributed by atoms with van der Waals surface area (Å²) in [6.07, 6.45) is 3.69. The third kappa shape index (κ3) is 3.80. The fourth-order valence-electron chi connectivity index (χ4n) is 1.46. The van der Waals surface area contributed by atoms with Gasteiger partial charge in [0.1, 0.15) is 16.6 Å². The Bertz CT molecular complexity index is 726. The molecule has 0 aliphatic rings. The van der Waals surface area contributed by atoms with E-state index in [9.17, 15) is 14.7 Å². The molecule has 0 bridgehead atoms. The first-order valence-electron chi connectivity index (χ1n) is 5.79. The van der Waals surface area contributed by atoms with E-state index in [1.165, 1.54) is 0 Å². The van der Waals surface area contributed by atoms with E-state index < -0.39 is 11.7 Å². The molecule has 0 spiro atoms. The number of halogens is 1. The van der Waals surface area contributed by atoms with Crippen LogP contribution in [0.15, 0.2) is 17.5 Å². The van der Waals surface area contributed by atoms with Gasteiger partial charge in [0, 0.05) is 18.8 Å². The van der Waals surface area contributed by atoms with Crippen molar-refractivity contribution in [2.24, 2.45) is 12.2 Å². The van der Waals surface area contributed by atoms with E-state index in [4.69, 9.17) is 16.4 Å². The number of carboxylic acids is 1. The zero-order valence-electron chi connectivity index (χ0n) is 11.2. The van der Waals surface area contributed by atoms with Crippen LogP contribution in [0.1, 0.15) is 11.3 Å². The fourth-order valence-corrected chi connectivity index (χ4v) is 2.46. The SMILES string of the molecule is Cn1cc(CO/N=C(\C(=O)O)c2nc(NC=O)sc2Cl)cn1. The number of nitrogens with zero attached hydrogens (tertiary/aromatic N) is 4. The quantitative estimate of drug-likeness (QED) is 0.441. The summed E-state index contributed by atoms with van der Waals surface area (Å²) < 4.78 is 1.66. The Morgan fingerprint density at radius 1 is 1.68 bits per heavy atom. The van der Waals surface area contributed by atoms with Crippen LogP contribution in [0, 0.1) is 0 Å². The van der Waals surface area contributed by atoms with E-state index in [-0.39, 0.29) is 21.8 Å². The van der Waals surface area contributed by atoms with Crippen LogP contribution in [-0.4, -0.2) is 38.0 Å². The Hall–Kier alpha value is -2.46. The number of oxime groups is 1. The number of rotatable bonds is 7. The van der Waals surface area contributed by atoms with Gasteiger partial charge in [-0.15, -0.1) is 0 Å². The van der Waals surface area contributed by atoms with Crippen LogP contribution in [0.3, 0.4) is 0 Å². The molecule has 0 saturated carbocycles. The lowest BCUT2D eigenvalue weighted by Crippen LogP contribution is -2.16. The number of hydrogen-bond donors (Lipinski definition) is 2. The molecule has 0 unspecified atom stereocenters. The summed E-state index contributed by atoms with van der Waals surface area (Å²) in [7, 11) is 1.74. The maximum atomic E-state index is 11.3. The van der Waals surface area contributed by atoms with Crippen molar-refractivity contribution >= 4 is 46.2 Å². The zero-order chi connectivity index (χ0) is 16.1. The van der Waals surface area contributed by atoms with Crippen molar-refractivity contribution in [1.29, 1.82) is 0 Å². The summed E-state index contributed by atoms with van der Waals surface area (Å²) in [5.41, 5.74) is 0.197.